The van der Waals surface area contributed by atoms with E-state index in [1.54, 1.807) is 42.5 Å². The molecule has 0 atom stereocenters. The quantitative estimate of drug-likeness (QED) is 0.558. The van der Waals surface area contributed by atoms with Crippen molar-refractivity contribution in [2.45, 2.75) is 13.8 Å². The van der Waals surface area contributed by atoms with Crippen LogP contribution in [0.15, 0.2) is 64.6 Å². The van der Waals surface area contributed by atoms with Gasteiger partial charge in [-0.3, -0.25) is 19.7 Å². The number of halogens is 1. The summed E-state index contributed by atoms with van der Waals surface area (Å²) in [6.07, 6.45) is 0. The molecule has 156 valence electrons. The normalized spacial score (nSPS) is 13.7. The highest BCUT2D eigenvalue weighted by molar-refractivity contribution is 7.13. The van der Waals surface area contributed by atoms with E-state index in [9.17, 15) is 14.4 Å². The molecule has 1 aromatic heterocycles. The lowest BCUT2D eigenvalue weighted by Crippen LogP contribution is -2.32. The Morgan fingerprint density at radius 2 is 1.81 bits per heavy atom. The van der Waals surface area contributed by atoms with Crippen LogP contribution in [-0.2, 0) is 9.59 Å². The molecule has 4 rings (SSSR count). The van der Waals surface area contributed by atoms with E-state index in [1.165, 1.54) is 11.3 Å². The number of carbonyl (C=O) groups excluding carboxylic acids is 3. The molecule has 0 aliphatic carbocycles. The number of hydrogen-bond donors (Lipinski definition) is 2. The Kier molecular flexibility index (Phi) is 5.58. The van der Waals surface area contributed by atoms with Crippen LogP contribution in [0.2, 0.25) is 0 Å². The molecule has 9 heteroatoms. The van der Waals surface area contributed by atoms with Crippen LogP contribution in [0.25, 0.3) is 0 Å². The van der Waals surface area contributed by atoms with Crippen molar-refractivity contribution >= 4 is 57.2 Å². The van der Waals surface area contributed by atoms with Gasteiger partial charge in [0.05, 0.1) is 11.4 Å². The lowest BCUT2D eigenvalue weighted by Gasteiger charge is -2.15. The Morgan fingerprint density at radius 1 is 1.06 bits per heavy atom. The number of nitrogens with zero attached hydrogens (tertiary/aromatic N) is 2. The van der Waals surface area contributed by atoms with Gasteiger partial charge in [-0.2, -0.15) is 0 Å². The smallest absolute Gasteiger partial charge is 0.283 e. The minimum absolute atomic E-state index is 0.0105. The summed E-state index contributed by atoms with van der Waals surface area (Å²) in [6, 6.07) is 13.5. The zero-order valence-corrected chi connectivity index (χ0v) is 18.2. The van der Waals surface area contributed by atoms with Crippen molar-refractivity contribution in [1.29, 1.82) is 0 Å². The lowest BCUT2D eigenvalue weighted by atomic mass is 10.2. The molecule has 0 saturated heterocycles. The van der Waals surface area contributed by atoms with E-state index in [1.807, 2.05) is 25.3 Å². The van der Waals surface area contributed by atoms with Crippen LogP contribution in [0.1, 0.15) is 21.6 Å². The van der Waals surface area contributed by atoms with Gasteiger partial charge in [-0.1, -0.05) is 23.7 Å². The van der Waals surface area contributed by atoms with Crippen LogP contribution < -0.4 is 15.5 Å². The minimum Gasteiger partial charge on any atom is -0.350 e. The Labute approximate surface area is 187 Å². The van der Waals surface area contributed by atoms with Gasteiger partial charge in [0.15, 0.2) is 5.13 Å². The molecule has 7 nitrogen and oxygen atoms in total. The van der Waals surface area contributed by atoms with Crippen molar-refractivity contribution in [3.63, 3.8) is 0 Å². The summed E-state index contributed by atoms with van der Waals surface area (Å²) >= 11 is 7.51. The molecule has 0 bridgehead atoms. The summed E-state index contributed by atoms with van der Waals surface area (Å²) in [5.41, 5.74) is 3.13. The highest BCUT2D eigenvalue weighted by Crippen LogP contribution is 2.30. The van der Waals surface area contributed by atoms with Crippen LogP contribution in [0, 0.1) is 13.8 Å². The maximum absolute atomic E-state index is 12.9. The largest absolute Gasteiger partial charge is 0.350 e. The van der Waals surface area contributed by atoms with Crippen molar-refractivity contribution in [2.75, 3.05) is 15.5 Å². The van der Waals surface area contributed by atoms with Crippen LogP contribution in [0.4, 0.5) is 16.5 Å². The number of aryl methyl sites for hydroxylation is 2. The number of aromatic nitrogens is 1. The van der Waals surface area contributed by atoms with Crippen LogP contribution in [0.5, 0.6) is 0 Å². The van der Waals surface area contributed by atoms with Crippen molar-refractivity contribution in [3.8, 4) is 0 Å². The minimum atomic E-state index is -0.588. The number of carbonyl (C=O) groups is 3. The van der Waals surface area contributed by atoms with E-state index >= 15 is 0 Å². The predicted octanol–water partition coefficient (Wildman–Crippen LogP) is 4.45. The molecular weight excluding hydrogens is 436 g/mol. The van der Waals surface area contributed by atoms with Gasteiger partial charge >= 0.3 is 0 Å². The van der Waals surface area contributed by atoms with Gasteiger partial charge in [0.1, 0.15) is 10.7 Å². The molecular formula is C22H17ClN4O3S. The third kappa shape index (κ3) is 4.21. The number of nitrogens with one attached hydrogen (secondary N) is 2. The van der Waals surface area contributed by atoms with Gasteiger partial charge in [0.25, 0.3) is 17.7 Å². The summed E-state index contributed by atoms with van der Waals surface area (Å²) in [4.78, 5) is 43.0. The van der Waals surface area contributed by atoms with E-state index in [-0.39, 0.29) is 16.6 Å². The Hall–Kier alpha value is -3.49. The second-order valence-corrected chi connectivity index (χ2v) is 8.16. The first-order valence-electron chi connectivity index (χ1n) is 9.29. The van der Waals surface area contributed by atoms with E-state index < -0.39 is 11.8 Å². The van der Waals surface area contributed by atoms with Gasteiger partial charge in [0, 0.05) is 16.6 Å². The van der Waals surface area contributed by atoms with E-state index in [0.717, 1.165) is 16.2 Å². The highest BCUT2D eigenvalue weighted by Gasteiger charge is 2.38. The Balaban J connectivity index is 1.49. The zero-order valence-electron chi connectivity index (χ0n) is 16.6. The number of hydrogen-bond acceptors (Lipinski definition) is 6. The van der Waals surface area contributed by atoms with Gasteiger partial charge in [-0.25, -0.2) is 9.88 Å². The molecule has 31 heavy (non-hydrogen) atoms. The van der Waals surface area contributed by atoms with Crippen molar-refractivity contribution in [2.24, 2.45) is 0 Å². The lowest BCUT2D eigenvalue weighted by molar-refractivity contribution is -0.120. The maximum atomic E-state index is 12.9. The topological polar surface area (TPSA) is 91.4 Å². The van der Waals surface area contributed by atoms with E-state index in [4.69, 9.17) is 11.6 Å². The molecule has 3 amide bonds. The van der Waals surface area contributed by atoms with Gasteiger partial charge < -0.3 is 5.32 Å². The van der Waals surface area contributed by atoms with E-state index in [2.05, 4.69) is 15.6 Å². The fourth-order valence-corrected chi connectivity index (χ4v) is 3.94. The molecule has 1 aliphatic heterocycles. The number of rotatable bonds is 5. The van der Waals surface area contributed by atoms with Gasteiger partial charge in [0.2, 0.25) is 0 Å². The second-order valence-electron chi connectivity index (χ2n) is 6.92. The predicted molar refractivity (Wildman–Crippen MR) is 121 cm³/mol. The molecule has 0 saturated carbocycles. The third-order valence-corrected chi connectivity index (χ3v) is 5.77. The summed E-state index contributed by atoms with van der Waals surface area (Å²) in [7, 11) is 0. The average molecular weight is 453 g/mol. The van der Waals surface area contributed by atoms with Gasteiger partial charge in [-0.15, -0.1) is 11.3 Å². The fraction of sp³-hybridized carbons (Fsp3) is 0.0909. The number of amides is 3. The summed E-state index contributed by atoms with van der Waals surface area (Å²) in [5, 5.41) is 7.81. The average Bonchev–Trinajstić information content (AvgIpc) is 3.24. The molecule has 0 spiro atoms. The van der Waals surface area contributed by atoms with Crippen molar-refractivity contribution < 1.29 is 14.4 Å². The molecule has 3 aromatic rings. The molecule has 1 aliphatic rings. The third-order valence-electron chi connectivity index (χ3n) is 4.54. The monoisotopic (exact) mass is 452 g/mol. The van der Waals surface area contributed by atoms with E-state index in [0.29, 0.717) is 22.1 Å². The molecule has 2 aromatic carbocycles. The second kappa shape index (κ2) is 8.33. The SMILES string of the molecule is Cc1cccc(N2C(=O)C(Cl)=C(Nc3ccc(C(=O)Nc4nc(C)cs4)cc3)C2=O)c1. The molecule has 2 heterocycles. The first-order valence-corrected chi connectivity index (χ1v) is 10.5. The first kappa shape index (κ1) is 20.8. The highest BCUT2D eigenvalue weighted by atomic mass is 35.5. The summed E-state index contributed by atoms with van der Waals surface area (Å²) < 4.78 is 0. The Morgan fingerprint density at radius 3 is 2.45 bits per heavy atom. The van der Waals surface area contributed by atoms with Crippen molar-refractivity contribution in [1.82, 2.24) is 4.98 Å². The fourth-order valence-electron chi connectivity index (χ4n) is 3.04. The molecule has 0 radical (unpaired) electrons. The standard InChI is InChI=1S/C22H17ClN4O3S/c1-12-4-3-5-16(10-12)27-20(29)17(23)18(21(27)30)25-15-8-6-14(7-9-15)19(28)26-22-24-13(2)11-31-22/h3-11,25H,1-2H3,(H,24,26,28). The number of imide groups is 1. The summed E-state index contributed by atoms with van der Waals surface area (Å²) in [5.74, 6) is -1.42. The van der Waals surface area contributed by atoms with Crippen LogP contribution in [-0.4, -0.2) is 22.7 Å². The number of thiazole rings is 1. The first-order chi connectivity index (χ1) is 14.8. The van der Waals surface area contributed by atoms with Gasteiger partial charge in [-0.05, 0) is 55.8 Å². The molecule has 2 N–H and O–H groups in total. The van der Waals surface area contributed by atoms with Crippen LogP contribution >= 0.6 is 22.9 Å². The number of benzene rings is 2. The maximum Gasteiger partial charge on any atom is 0.283 e. The summed E-state index contributed by atoms with van der Waals surface area (Å²) in [6.45, 7) is 3.72. The number of anilines is 3. The molecule has 0 unspecified atom stereocenters. The van der Waals surface area contributed by atoms with Crippen LogP contribution in [0.3, 0.4) is 0 Å². The zero-order chi connectivity index (χ0) is 22.1. The Bertz CT molecular complexity index is 1230. The molecule has 0 fully saturated rings. The van der Waals surface area contributed by atoms with Crippen molar-refractivity contribution in [3.05, 3.63) is 81.5 Å².